The number of amides is 1. The number of aromatic nitrogens is 1. The van der Waals surface area contributed by atoms with Crippen molar-refractivity contribution in [1.82, 2.24) is 4.57 Å². The molecular weight excluding hydrogens is 314 g/mol. The van der Waals surface area contributed by atoms with Gasteiger partial charge in [0.2, 0.25) is 0 Å². The minimum Gasteiger partial charge on any atom is -0.350 e. The molecule has 1 aromatic heterocycles. The van der Waals surface area contributed by atoms with Crippen LogP contribution >= 0.6 is 0 Å². The summed E-state index contributed by atoms with van der Waals surface area (Å²) in [4.78, 5) is 23.5. The van der Waals surface area contributed by atoms with Gasteiger partial charge in [-0.05, 0) is 42.0 Å². The van der Waals surface area contributed by atoms with Crippen LogP contribution in [0.1, 0.15) is 21.5 Å². The summed E-state index contributed by atoms with van der Waals surface area (Å²) >= 11 is 0. The van der Waals surface area contributed by atoms with Crippen LogP contribution < -0.4 is 10.7 Å². The first-order valence-corrected chi connectivity index (χ1v) is 7.70. The molecule has 0 saturated heterocycles. The van der Waals surface area contributed by atoms with Crippen LogP contribution in [0.2, 0.25) is 0 Å². The van der Waals surface area contributed by atoms with E-state index >= 15 is 0 Å². The lowest BCUT2D eigenvalue weighted by Crippen LogP contribution is -2.12. The number of carbonyl (C=O) groups excluding carboxylic acids is 1. The summed E-state index contributed by atoms with van der Waals surface area (Å²) in [5.41, 5.74) is 2.64. The van der Waals surface area contributed by atoms with Gasteiger partial charge >= 0.3 is 0 Å². The predicted octanol–water partition coefficient (Wildman–Crippen LogP) is 3.02. The minimum absolute atomic E-state index is 0.0354. The third-order valence-electron chi connectivity index (χ3n) is 3.69. The maximum Gasteiger partial charge on any atom is 0.255 e. The van der Waals surface area contributed by atoms with Gasteiger partial charge in [0.1, 0.15) is 0 Å². The molecule has 1 N–H and O–H groups in total. The van der Waals surface area contributed by atoms with Crippen molar-refractivity contribution in [3.63, 3.8) is 0 Å². The standard InChI is InChI=1S/C20H15N3O2/c21-13-15-4-6-18(7-5-15)22-20(25)17-3-1-2-16(12-17)14-23-10-8-19(24)9-11-23/h1-12H,14H2,(H,22,25). The van der Waals surface area contributed by atoms with Crippen molar-refractivity contribution in [3.8, 4) is 6.07 Å². The van der Waals surface area contributed by atoms with E-state index in [0.717, 1.165) is 5.56 Å². The normalized spacial score (nSPS) is 10.0. The van der Waals surface area contributed by atoms with E-state index in [2.05, 4.69) is 5.32 Å². The van der Waals surface area contributed by atoms with Gasteiger partial charge in [-0.2, -0.15) is 5.26 Å². The van der Waals surface area contributed by atoms with Crippen LogP contribution in [-0.4, -0.2) is 10.5 Å². The molecule has 0 unspecified atom stereocenters. The van der Waals surface area contributed by atoms with Crippen molar-refractivity contribution < 1.29 is 4.79 Å². The van der Waals surface area contributed by atoms with E-state index in [0.29, 0.717) is 23.4 Å². The van der Waals surface area contributed by atoms with Crippen LogP contribution in [0.25, 0.3) is 0 Å². The lowest BCUT2D eigenvalue weighted by molar-refractivity contribution is 0.102. The number of anilines is 1. The summed E-state index contributed by atoms with van der Waals surface area (Å²) in [6, 6.07) is 19.1. The van der Waals surface area contributed by atoms with E-state index in [9.17, 15) is 9.59 Å². The number of rotatable bonds is 4. The molecule has 3 aromatic rings. The number of nitrogens with zero attached hydrogens (tertiary/aromatic N) is 2. The second-order valence-corrected chi connectivity index (χ2v) is 5.55. The maximum atomic E-state index is 12.4. The molecule has 0 atom stereocenters. The number of nitriles is 1. The Labute approximate surface area is 144 Å². The molecule has 1 amide bonds. The zero-order chi connectivity index (χ0) is 17.6. The summed E-state index contributed by atoms with van der Waals surface area (Å²) in [5, 5.41) is 11.6. The Bertz CT molecular complexity index is 978. The molecule has 25 heavy (non-hydrogen) atoms. The van der Waals surface area contributed by atoms with Gasteiger partial charge < -0.3 is 9.88 Å². The van der Waals surface area contributed by atoms with Crippen LogP contribution in [0.15, 0.2) is 77.9 Å². The number of nitrogens with one attached hydrogen (secondary N) is 1. The van der Waals surface area contributed by atoms with Gasteiger partial charge in [-0.3, -0.25) is 9.59 Å². The van der Waals surface area contributed by atoms with Gasteiger partial charge in [0.05, 0.1) is 11.6 Å². The molecule has 0 radical (unpaired) electrons. The van der Waals surface area contributed by atoms with Crippen LogP contribution in [-0.2, 0) is 6.54 Å². The van der Waals surface area contributed by atoms with Crippen molar-refractivity contribution >= 4 is 11.6 Å². The van der Waals surface area contributed by atoms with Crippen LogP contribution in [0, 0.1) is 11.3 Å². The zero-order valence-corrected chi connectivity index (χ0v) is 13.3. The Hall–Kier alpha value is -3.65. The third kappa shape index (κ3) is 4.21. The number of pyridine rings is 1. The van der Waals surface area contributed by atoms with E-state index in [-0.39, 0.29) is 11.3 Å². The predicted molar refractivity (Wildman–Crippen MR) is 95.4 cm³/mol. The van der Waals surface area contributed by atoms with Crippen LogP contribution in [0.5, 0.6) is 0 Å². The van der Waals surface area contributed by atoms with Crippen molar-refractivity contribution in [3.05, 3.63) is 100.0 Å². The third-order valence-corrected chi connectivity index (χ3v) is 3.69. The largest absolute Gasteiger partial charge is 0.350 e. The summed E-state index contributed by atoms with van der Waals surface area (Å²) in [5.74, 6) is -0.216. The molecule has 3 rings (SSSR count). The van der Waals surface area contributed by atoms with E-state index in [1.165, 1.54) is 12.1 Å². The first kappa shape index (κ1) is 16.2. The number of hydrogen-bond acceptors (Lipinski definition) is 3. The Morgan fingerprint density at radius 2 is 1.76 bits per heavy atom. The van der Waals surface area contributed by atoms with E-state index in [1.807, 2.05) is 28.8 Å². The molecule has 0 fully saturated rings. The molecule has 122 valence electrons. The zero-order valence-electron chi connectivity index (χ0n) is 13.3. The van der Waals surface area contributed by atoms with Gasteiger partial charge in [-0.1, -0.05) is 12.1 Å². The topological polar surface area (TPSA) is 74.9 Å². The Morgan fingerprint density at radius 3 is 2.44 bits per heavy atom. The summed E-state index contributed by atoms with van der Waals surface area (Å²) in [6.45, 7) is 0.568. The smallest absolute Gasteiger partial charge is 0.255 e. The second-order valence-electron chi connectivity index (χ2n) is 5.55. The maximum absolute atomic E-state index is 12.4. The summed E-state index contributed by atoms with van der Waals surface area (Å²) in [7, 11) is 0. The highest BCUT2D eigenvalue weighted by Gasteiger charge is 2.07. The van der Waals surface area contributed by atoms with Crippen molar-refractivity contribution in [2.45, 2.75) is 6.54 Å². The van der Waals surface area contributed by atoms with Crippen LogP contribution in [0.4, 0.5) is 5.69 Å². The van der Waals surface area contributed by atoms with Gasteiger partial charge in [0.25, 0.3) is 5.91 Å². The molecule has 0 aliphatic carbocycles. The lowest BCUT2D eigenvalue weighted by Gasteiger charge is -2.09. The van der Waals surface area contributed by atoms with E-state index in [1.54, 1.807) is 42.7 Å². The Balaban J connectivity index is 1.73. The highest BCUT2D eigenvalue weighted by Crippen LogP contribution is 2.12. The van der Waals surface area contributed by atoms with E-state index in [4.69, 9.17) is 5.26 Å². The first-order valence-electron chi connectivity index (χ1n) is 7.70. The van der Waals surface area contributed by atoms with Crippen molar-refractivity contribution in [2.24, 2.45) is 0 Å². The average Bonchev–Trinajstić information content (AvgIpc) is 2.64. The molecule has 0 aliphatic heterocycles. The fourth-order valence-corrected chi connectivity index (χ4v) is 2.40. The molecule has 5 heteroatoms. The van der Waals surface area contributed by atoms with Gasteiger partial charge in [0.15, 0.2) is 5.43 Å². The molecule has 0 bridgehead atoms. The lowest BCUT2D eigenvalue weighted by atomic mass is 10.1. The molecule has 0 spiro atoms. The SMILES string of the molecule is N#Cc1ccc(NC(=O)c2cccc(Cn3ccc(=O)cc3)c2)cc1. The fraction of sp³-hybridized carbons (Fsp3) is 0.0500. The average molecular weight is 329 g/mol. The van der Waals surface area contributed by atoms with Gasteiger partial charge in [-0.25, -0.2) is 0 Å². The van der Waals surface area contributed by atoms with Crippen molar-refractivity contribution in [2.75, 3.05) is 5.32 Å². The molecule has 2 aromatic carbocycles. The Kier molecular flexibility index (Phi) is 4.72. The van der Waals surface area contributed by atoms with E-state index < -0.39 is 0 Å². The highest BCUT2D eigenvalue weighted by atomic mass is 16.1. The summed E-state index contributed by atoms with van der Waals surface area (Å²) < 4.78 is 1.87. The highest BCUT2D eigenvalue weighted by molar-refractivity contribution is 6.04. The minimum atomic E-state index is -0.216. The Morgan fingerprint density at radius 1 is 1.04 bits per heavy atom. The monoisotopic (exact) mass is 329 g/mol. The molecular formula is C20H15N3O2. The molecule has 5 nitrogen and oxygen atoms in total. The number of carbonyl (C=O) groups is 1. The number of benzene rings is 2. The quantitative estimate of drug-likeness (QED) is 0.799. The van der Waals surface area contributed by atoms with Gasteiger partial charge in [-0.15, -0.1) is 0 Å². The molecule has 0 aliphatic rings. The fourth-order valence-electron chi connectivity index (χ4n) is 2.40. The second kappa shape index (κ2) is 7.28. The molecule has 0 saturated carbocycles. The van der Waals surface area contributed by atoms with Crippen molar-refractivity contribution in [1.29, 1.82) is 5.26 Å². The summed E-state index contributed by atoms with van der Waals surface area (Å²) in [6.07, 6.45) is 3.43. The van der Waals surface area contributed by atoms with Crippen LogP contribution in [0.3, 0.4) is 0 Å². The van der Waals surface area contributed by atoms with Gasteiger partial charge in [0, 0.05) is 42.3 Å². The first-order chi connectivity index (χ1) is 12.1. The molecule has 1 heterocycles. The number of hydrogen-bond donors (Lipinski definition) is 1.